The van der Waals surface area contributed by atoms with Crippen LogP contribution in [0.4, 0.5) is 11.4 Å². The molecule has 0 aliphatic carbocycles. The number of carbonyl (C=O) groups is 1. The normalized spacial score (nSPS) is 9.86. The van der Waals surface area contributed by atoms with Gasteiger partial charge in [-0.2, -0.15) is 0 Å². The van der Waals surface area contributed by atoms with E-state index in [1.54, 1.807) is 0 Å². The Bertz CT molecular complexity index is 666. The maximum Gasteiger partial charge on any atom is 0.221 e. The second kappa shape index (κ2) is 7.33. The molecule has 0 spiro atoms. The third-order valence-corrected chi connectivity index (χ3v) is 3.33. The first kappa shape index (κ1) is 15.7. The summed E-state index contributed by atoms with van der Waals surface area (Å²) in [5, 5.41) is 2.76. The predicted octanol–water partition coefficient (Wildman–Crippen LogP) is 3.59. The lowest BCUT2D eigenvalue weighted by Crippen LogP contribution is -2.22. The summed E-state index contributed by atoms with van der Waals surface area (Å²) in [6.45, 7) is 4.86. The number of carbonyl (C=O) groups excluding carboxylic acids is 1. The van der Waals surface area contributed by atoms with E-state index in [0.717, 1.165) is 17.9 Å². The maximum atomic E-state index is 11.1. The standard InChI is InChI=1S/C19H20N2O/c1-4-13-21(14-17-7-5-15(2)6-8-17)19-11-9-18(10-12-19)20-16(3)22/h1,5-12H,13-14H2,2-3H3,(H,20,22). The molecule has 0 atom stereocenters. The lowest BCUT2D eigenvalue weighted by Gasteiger charge is -2.23. The quantitative estimate of drug-likeness (QED) is 0.854. The lowest BCUT2D eigenvalue weighted by atomic mass is 10.1. The molecule has 2 aromatic carbocycles. The van der Waals surface area contributed by atoms with Gasteiger partial charge in [0, 0.05) is 24.8 Å². The number of benzene rings is 2. The number of nitrogens with one attached hydrogen (secondary N) is 1. The summed E-state index contributed by atoms with van der Waals surface area (Å²) < 4.78 is 0. The number of aryl methyl sites for hydroxylation is 1. The van der Waals surface area contributed by atoms with E-state index in [2.05, 4.69) is 47.3 Å². The molecule has 0 unspecified atom stereocenters. The molecule has 0 radical (unpaired) electrons. The SMILES string of the molecule is C#CCN(Cc1ccc(C)cc1)c1ccc(NC(C)=O)cc1. The molecule has 0 saturated carbocycles. The fourth-order valence-electron chi connectivity index (χ4n) is 2.22. The molecule has 3 heteroatoms. The van der Waals surface area contributed by atoms with Gasteiger partial charge in [-0.15, -0.1) is 6.42 Å². The van der Waals surface area contributed by atoms with Gasteiger partial charge in [-0.05, 0) is 36.8 Å². The molecule has 1 amide bonds. The zero-order chi connectivity index (χ0) is 15.9. The molecular weight excluding hydrogens is 272 g/mol. The molecule has 0 aliphatic heterocycles. The van der Waals surface area contributed by atoms with Crippen LogP contribution >= 0.6 is 0 Å². The van der Waals surface area contributed by atoms with Crippen LogP contribution in [0, 0.1) is 19.3 Å². The van der Waals surface area contributed by atoms with Gasteiger partial charge in [0.1, 0.15) is 0 Å². The van der Waals surface area contributed by atoms with Crippen LogP contribution in [0.15, 0.2) is 48.5 Å². The van der Waals surface area contributed by atoms with E-state index in [9.17, 15) is 4.79 Å². The van der Waals surface area contributed by atoms with E-state index >= 15 is 0 Å². The second-order valence-electron chi connectivity index (χ2n) is 5.27. The van der Waals surface area contributed by atoms with Gasteiger partial charge in [0.2, 0.25) is 5.91 Å². The summed E-state index contributed by atoms with van der Waals surface area (Å²) in [5.41, 5.74) is 4.28. The molecule has 0 saturated heterocycles. The summed E-state index contributed by atoms with van der Waals surface area (Å²) in [7, 11) is 0. The topological polar surface area (TPSA) is 32.3 Å². The van der Waals surface area contributed by atoms with E-state index in [-0.39, 0.29) is 5.91 Å². The molecular formula is C19H20N2O. The minimum atomic E-state index is -0.0760. The Hall–Kier alpha value is -2.73. The molecule has 2 rings (SSSR count). The molecule has 1 N–H and O–H groups in total. The Labute approximate surface area is 132 Å². The molecule has 2 aromatic rings. The number of hydrogen-bond acceptors (Lipinski definition) is 2. The lowest BCUT2D eigenvalue weighted by molar-refractivity contribution is -0.114. The van der Waals surface area contributed by atoms with Crippen LogP contribution in [-0.4, -0.2) is 12.5 Å². The van der Waals surface area contributed by atoms with Crippen molar-refractivity contribution in [2.75, 3.05) is 16.8 Å². The first-order valence-corrected chi connectivity index (χ1v) is 7.20. The van der Waals surface area contributed by atoms with Gasteiger partial charge in [-0.1, -0.05) is 35.7 Å². The second-order valence-corrected chi connectivity index (χ2v) is 5.27. The van der Waals surface area contributed by atoms with E-state index < -0.39 is 0 Å². The van der Waals surface area contributed by atoms with Gasteiger partial charge >= 0.3 is 0 Å². The maximum absolute atomic E-state index is 11.1. The highest BCUT2D eigenvalue weighted by molar-refractivity contribution is 5.88. The number of terminal acetylenes is 1. The molecule has 0 aliphatic rings. The molecule has 0 aromatic heterocycles. The average Bonchev–Trinajstić information content (AvgIpc) is 2.49. The average molecular weight is 292 g/mol. The van der Waals surface area contributed by atoms with Crippen molar-refractivity contribution < 1.29 is 4.79 Å². The molecule has 0 fully saturated rings. The van der Waals surface area contributed by atoms with Crippen molar-refractivity contribution in [1.29, 1.82) is 0 Å². The van der Waals surface area contributed by atoms with Crippen molar-refractivity contribution in [3.8, 4) is 12.3 Å². The van der Waals surface area contributed by atoms with Crippen LogP contribution in [0.5, 0.6) is 0 Å². The van der Waals surface area contributed by atoms with Gasteiger partial charge < -0.3 is 10.2 Å². The monoisotopic (exact) mass is 292 g/mol. The van der Waals surface area contributed by atoms with Crippen molar-refractivity contribution in [1.82, 2.24) is 0 Å². The van der Waals surface area contributed by atoms with Gasteiger partial charge in [0.05, 0.1) is 6.54 Å². The van der Waals surface area contributed by atoms with Gasteiger partial charge in [0.15, 0.2) is 0 Å². The predicted molar refractivity (Wildman–Crippen MR) is 91.8 cm³/mol. The third kappa shape index (κ3) is 4.39. The Balaban J connectivity index is 2.15. The van der Waals surface area contributed by atoms with E-state index in [1.165, 1.54) is 18.1 Å². The number of rotatable bonds is 5. The van der Waals surface area contributed by atoms with E-state index in [4.69, 9.17) is 6.42 Å². The highest BCUT2D eigenvalue weighted by Crippen LogP contribution is 2.20. The van der Waals surface area contributed by atoms with Crippen LogP contribution in [0.1, 0.15) is 18.1 Å². The molecule has 22 heavy (non-hydrogen) atoms. The Morgan fingerprint density at radius 1 is 1.14 bits per heavy atom. The largest absolute Gasteiger partial charge is 0.356 e. The van der Waals surface area contributed by atoms with Crippen LogP contribution in [0.3, 0.4) is 0 Å². The Morgan fingerprint density at radius 2 is 1.77 bits per heavy atom. The summed E-state index contributed by atoms with van der Waals surface area (Å²) >= 11 is 0. The summed E-state index contributed by atoms with van der Waals surface area (Å²) in [5.74, 6) is 2.62. The zero-order valence-electron chi connectivity index (χ0n) is 13.0. The van der Waals surface area contributed by atoms with Crippen molar-refractivity contribution in [2.45, 2.75) is 20.4 Å². The van der Waals surface area contributed by atoms with Gasteiger partial charge in [-0.3, -0.25) is 4.79 Å². The van der Waals surface area contributed by atoms with Crippen molar-refractivity contribution in [3.63, 3.8) is 0 Å². The number of amides is 1. The highest BCUT2D eigenvalue weighted by Gasteiger charge is 2.07. The Morgan fingerprint density at radius 3 is 2.32 bits per heavy atom. The third-order valence-electron chi connectivity index (χ3n) is 3.33. The molecule has 0 heterocycles. The molecule has 112 valence electrons. The molecule has 3 nitrogen and oxygen atoms in total. The summed E-state index contributed by atoms with van der Waals surface area (Å²) in [6, 6.07) is 16.1. The van der Waals surface area contributed by atoms with Crippen molar-refractivity contribution >= 4 is 17.3 Å². The van der Waals surface area contributed by atoms with Crippen LogP contribution in [0.25, 0.3) is 0 Å². The van der Waals surface area contributed by atoms with Crippen LogP contribution < -0.4 is 10.2 Å². The smallest absolute Gasteiger partial charge is 0.221 e. The summed E-state index contributed by atoms with van der Waals surface area (Å²) in [4.78, 5) is 13.2. The first-order chi connectivity index (χ1) is 10.6. The molecule has 0 bridgehead atoms. The van der Waals surface area contributed by atoms with Gasteiger partial charge in [0.25, 0.3) is 0 Å². The van der Waals surface area contributed by atoms with Crippen LogP contribution in [0.2, 0.25) is 0 Å². The highest BCUT2D eigenvalue weighted by atomic mass is 16.1. The fourth-order valence-corrected chi connectivity index (χ4v) is 2.22. The minimum Gasteiger partial charge on any atom is -0.356 e. The number of nitrogens with zero attached hydrogens (tertiary/aromatic N) is 1. The zero-order valence-corrected chi connectivity index (χ0v) is 13.0. The van der Waals surface area contributed by atoms with Crippen molar-refractivity contribution in [2.24, 2.45) is 0 Å². The number of anilines is 2. The van der Waals surface area contributed by atoms with Crippen molar-refractivity contribution in [3.05, 3.63) is 59.7 Å². The van der Waals surface area contributed by atoms with Gasteiger partial charge in [-0.25, -0.2) is 0 Å². The van der Waals surface area contributed by atoms with E-state index in [1.807, 2.05) is 24.3 Å². The van der Waals surface area contributed by atoms with Crippen LogP contribution in [-0.2, 0) is 11.3 Å². The first-order valence-electron chi connectivity index (χ1n) is 7.20. The fraction of sp³-hybridized carbons (Fsp3) is 0.211. The minimum absolute atomic E-state index is 0.0760. The van der Waals surface area contributed by atoms with E-state index in [0.29, 0.717) is 6.54 Å². The number of hydrogen-bond donors (Lipinski definition) is 1. The summed E-state index contributed by atoms with van der Waals surface area (Å²) in [6.07, 6.45) is 5.49. The Kier molecular flexibility index (Phi) is 5.21.